The van der Waals surface area contributed by atoms with Crippen molar-refractivity contribution in [1.82, 2.24) is 15.1 Å². The molecule has 184 valence electrons. The fourth-order valence-corrected chi connectivity index (χ4v) is 5.32. The molecule has 2 aliphatic rings. The minimum absolute atomic E-state index is 0.105. The molecule has 2 unspecified atom stereocenters. The Labute approximate surface area is 198 Å². The van der Waals surface area contributed by atoms with Gasteiger partial charge in [0.15, 0.2) is 0 Å². The molecule has 2 bridgehead atoms. The van der Waals surface area contributed by atoms with Gasteiger partial charge in [-0.2, -0.15) is 23.0 Å². The number of nitrogens with zero attached hydrogens (tertiary/aromatic N) is 3. The summed E-state index contributed by atoms with van der Waals surface area (Å²) in [4.78, 5) is 25.7. The van der Waals surface area contributed by atoms with Crippen LogP contribution in [0.15, 0.2) is 42.6 Å². The first kappa shape index (κ1) is 23.0. The Balaban J connectivity index is 1.32. The topological polar surface area (TPSA) is 99.5 Å². The SMILES string of the molecule is O=C(NCc1ccc(N2C3CCCC2CC3)c(C(F)(F)F)c1)Nc1cccc2c1cnn2C(=O)O. The van der Waals surface area contributed by atoms with E-state index in [0.29, 0.717) is 22.2 Å². The van der Waals surface area contributed by atoms with Crippen molar-refractivity contribution in [2.45, 2.75) is 56.9 Å². The molecule has 0 saturated carbocycles. The number of rotatable bonds is 4. The maximum Gasteiger partial charge on any atom is 0.432 e. The highest BCUT2D eigenvalue weighted by Crippen LogP contribution is 2.45. The molecule has 0 spiro atoms. The van der Waals surface area contributed by atoms with Gasteiger partial charge in [-0.15, -0.1) is 0 Å². The molecule has 3 heterocycles. The first-order valence-electron chi connectivity index (χ1n) is 11.5. The van der Waals surface area contributed by atoms with E-state index in [0.717, 1.165) is 42.9 Å². The molecule has 2 atom stereocenters. The first-order valence-corrected chi connectivity index (χ1v) is 11.5. The van der Waals surface area contributed by atoms with Crippen LogP contribution in [0.2, 0.25) is 0 Å². The monoisotopic (exact) mass is 487 g/mol. The number of alkyl halides is 3. The fourth-order valence-electron chi connectivity index (χ4n) is 5.32. The van der Waals surface area contributed by atoms with Crippen LogP contribution in [0.1, 0.15) is 43.2 Å². The number of carboxylic acid groups (broad SMARTS) is 1. The number of amides is 2. The van der Waals surface area contributed by atoms with Crippen LogP contribution < -0.4 is 15.5 Å². The lowest BCUT2D eigenvalue weighted by molar-refractivity contribution is -0.137. The molecule has 0 radical (unpaired) electrons. The zero-order valence-electron chi connectivity index (χ0n) is 18.7. The van der Waals surface area contributed by atoms with Crippen molar-refractivity contribution in [2.24, 2.45) is 0 Å². The predicted molar refractivity (Wildman–Crippen MR) is 124 cm³/mol. The maximum absolute atomic E-state index is 14.0. The van der Waals surface area contributed by atoms with Gasteiger partial charge in [0.05, 0.1) is 23.0 Å². The summed E-state index contributed by atoms with van der Waals surface area (Å²) in [5.41, 5.74) is 0.506. The second kappa shape index (κ2) is 8.79. The number of anilines is 2. The van der Waals surface area contributed by atoms with E-state index in [1.54, 1.807) is 24.3 Å². The van der Waals surface area contributed by atoms with Crippen LogP contribution in [0.4, 0.5) is 34.1 Å². The Morgan fingerprint density at radius 2 is 1.83 bits per heavy atom. The lowest BCUT2D eigenvalue weighted by Crippen LogP contribution is -2.40. The molecule has 0 aliphatic carbocycles. The highest BCUT2D eigenvalue weighted by Gasteiger charge is 2.42. The van der Waals surface area contributed by atoms with Crippen molar-refractivity contribution < 1.29 is 27.9 Å². The molecule has 35 heavy (non-hydrogen) atoms. The number of hydrogen-bond acceptors (Lipinski definition) is 4. The van der Waals surface area contributed by atoms with E-state index in [2.05, 4.69) is 15.7 Å². The summed E-state index contributed by atoms with van der Waals surface area (Å²) in [5, 5.41) is 18.6. The second-order valence-electron chi connectivity index (χ2n) is 8.96. The molecule has 2 fully saturated rings. The Morgan fingerprint density at radius 3 is 2.51 bits per heavy atom. The van der Waals surface area contributed by atoms with Crippen LogP contribution in [-0.4, -0.2) is 39.1 Å². The zero-order valence-corrected chi connectivity index (χ0v) is 18.7. The second-order valence-corrected chi connectivity index (χ2v) is 8.96. The average molecular weight is 487 g/mol. The first-order chi connectivity index (χ1) is 16.7. The number of nitrogens with one attached hydrogen (secondary N) is 2. The summed E-state index contributed by atoms with van der Waals surface area (Å²) in [6, 6.07) is 8.63. The number of halogens is 3. The highest BCUT2D eigenvalue weighted by atomic mass is 19.4. The third kappa shape index (κ3) is 4.38. The van der Waals surface area contributed by atoms with E-state index in [9.17, 15) is 27.9 Å². The van der Waals surface area contributed by atoms with Crippen molar-refractivity contribution in [3.05, 3.63) is 53.7 Å². The zero-order chi connectivity index (χ0) is 24.7. The van der Waals surface area contributed by atoms with Crippen LogP contribution in [0.25, 0.3) is 10.9 Å². The van der Waals surface area contributed by atoms with Gasteiger partial charge in [-0.1, -0.05) is 12.1 Å². The molecule has 2 saturated heterocycles. The molecule has 2 aromatic carbocycles. The van der Waals surface area contributed by atoms with E-state index in [1.165, 1.54) is 12.3 Å². The Morgan fingerprint density at radius 1 is 1.09 bits per heavy atom. The number of hydrogen-bond donors (Lipinski definition) is 3. The highest BCUT2D eigenvalue weighted by molar-refractivity contribution is 6.02. The van der Waals surface area contributed by atoms with Gasteiger partial charge in [-0.25, -0.2) is 9.59 Å². The molecule has 5 rings (SSSR count). The third-order valence-corrected chi connectivity index (χ3v) is 6.84. The normalized spacial score (nSPS) is 19.7. The summed E-state index contributed by atoms with van der Waals surface area (Å²) < 4.78 is 42.7. The van der Waals surface area contributed by atoms with E-state index < -0.39 is 23.9 Å². The number of fused-ring (bicyclic) bond motifs is 3. The summed E-state index contributed by atoms with van der Waals surface area (Å²) in [6.45, 7) is -0.105. The average Bonchev–Trinajstić information content (AvgIpc) is 3.35. The van der Waals surface area contributed by atoms with Gasteiger partial charge in [0.2, 0.25) is 0 Å². The quantitative estimate of drug-likeness (QED) is 0.456. The lowest BCUT2D eigenvalue weighted by Gasteiger charge is -2.38. The van der Waals surface area contributed by atoms with E-state index in [-0.39, 0.29) is 24.3 Å². The number of carbonyl (C=O) groups is 2. The standard InChI is InChI=1S/C24H24F3N5O3/c25-24(26,27)18-11-14(7-10-21(18)31-15-3-1-4-16(31)9-8-15)12-28-22(33)30-19-5-2-6-20-17(19)13-29-32(20)23(34)35/h2,5-7,10-11,13,15-16H,1,3-4,8-9,12H2,(H,34,35)(H2,28,30,33). The van der Waals surface area contributed by atoms with Crippen LogP contribution in [0, 0.1) is 0 Å². The van der Waals surface area contributed by atoms with Crippen LogP contribution in [0.5, 0.6) is 0 Å². The molecular weight excluding hydrogens is 463 g/mol. The Kier molecular flexibility index (Phi) is 5.78. The van der Waals surface area contributed by atoms with Crippen LogP contribution in [0.3, 0.4) is 0 Å². The fraction of sp³-hybridized carbons (Fsp3) is 0.375. The van der Waals surface area contributed by atoms with Gasteiger partial charge in [-0.05, 0) is 61.9 Å². The summed E-state index contributed by atoms with van der Waals surface area (Å²) >= 11 is 0. The Hall–Kier alpha value is -3.76. The molecule has 2 amide bonds. The Bertz CT molecular complexity index is 1270. The third-order valence-electron chi connectivity index (χ3n) is 6.84. The maximum atomic E-state index is 14.0. The van der Waals surface area contributed by atoms with Gasteiger partial charge in [0, 0.05) is 29.7 Å². The van der Waals surface area contributed by atoms with Crippen molar-refractivity contribution in [3.63, 3.8) is 0 Å². The molecule has 11 heteroatoms. The van der Waals surface area contributed by atoms with Crippen molar-refractivity contribution in [2.75, 3.05) is 10.2 Å². The minimum Gasteiger partial charge on any atom is -0.463 e. The van der Waals surface area contributed by atoms with Gasteiger partial charge in [-0.3, -0.25) is 0 Å². The molecular formula is C24H24F3N5O3. The van der Waals surface area contributed by atoms with Crippen LogP contribution in [-0.2, 0) is 12.7 Å². The number of piperidine rings is 1. The minimum atomic E-state index is -4.51. The predicted octanol–water partition coefficient (Wildman–Crippen LogP) is 5.42. The molecule has 2 aliphatic heterocycles. The van der Waals surface area contributed by atoms with E-state index >= 15 is 0 Å². The largest absolute Gasteiger partial charge is 0.463 e. The van der Waals surface area contributed by atoms with Gasteiger partial charge < -0.3 is 20.6 Å². The van der Waals surface area contributed by atoms with Crippen molar-refractivity contribution in [3.8, 4) is 0 Å². The molecule has 3 N–H and O–H groups in total. The smallest absolute Gasteiger partial charge is 0.432 e. The van der Waals surface area contributed by atoms with Crippen molar-refractivity contribution >= 4 is 34.4 Å². The van der Waals surface area contributed by atoms with Gasteiger partial charge in [0.25, 0.3) is 0 Å². The number of carbonyl (C=O) groups excluding carboxylic acids is 1. The lowest BCUT2D eigenvalue weighted by atomic mass is 9.99. The number of benzene rings is 2. The summed E-state index contributed by atoms with van der Waals surface area (Å²) in [7, 11) is 0. The molecule has 8 nitrogen and oxygen atoms in total. The molecule has 3 aromatic rings. The van der Waals surface area contributed by atoms with Gasteiger partial charge in [0.1, 0.15) is 0 Å². The molecule has 1 aromatic heterocycles. The number of aromatic nitrogens is 2. The van der Waals surface area contributed by atoms with E-state index in [1.807, 2.05) is 4.90 Å². The van der Waals surface area contributed by atoms with E-state index in [4.69, 9.17) is 0 Å². The summed E-state index contributed by atoms with van der Waals surface area (Å²) in [5.74, 6) is 0. The number of urea groups is 1. The van der Waals surface area contributed by atoms with Crippen molar-refractivity contribution in [1.29, 1.82) is 0 Å². The van der Waals surface area contributed by atoms with Gasteiger partial charge >= 0.3 is 18.3 Å². The van der Waals surface area contributed by atoms with Crippen LogP contribution >= 0.6 is 0 Å². The summed E-state index contributed by atoms with van der Waals surface area (Å²) in [6.07, 6.45) is 0.265.